The molecule has 0 aliphatic rings. The molecule has 0 saturated heterocycles. The lowest BCUT2D eigenvalue weighted by atomic mass is 10.0. The zero-order valence-electron chi connectivity index (χ0n) is 27.7. The Labute approximate surface area is 253 Å². The van der Waals surface area contributed by atoms with Crippen LogP contribution in [0.4, 0.5) is 0 Å². The minimum Gasteiger partial charge on any atom is -0.270 e. The molecule has 0 aromatic rings. The predicted molar refractivity (Wildman–Crippen MR) is 179 cm³/mol. The molecule has 0 amide bonds. The maximum Gasteiger partial charge on any atom is 0.267 e. The third kappa shape index (κ3) is 34.1. The summed E-state index contributed by atoms with van der Waals surface area (Å²) >= 11 is 0. The first-order chi connectivity index (χ1) is 19.6. The van der Waals surface area contributed by atoms with Gasteiger partial charge >= 0.3 is 0 Å². The average molecular weight is 587 g/mol. The lowest BCUT2D eigenvalue weighted by Gasteiger charge is -2.06. The number of hydrogen-bond acceptors (Lipinski definition) is 3. The van der Waals surface area contributed by atoms with Gasteiger partial charge in [-0.1, -0.05) is 206 Å². The predicted octanol–water partition coefficient (Wildman–Crippen LogP) is 12.9. The van der Waals surface area contributed by atoms with Gasteiger partial charge in [-0.05, 0) is 12.8 Å². The van der Waals surface area contributed by atoms with Crippen LogP contribution in [0.25, 0.3) is 0 Å². The molecule has 0 bridgehead atoms. The fourth-order valence-corrected chi connectivity index (χ4v) is 6.77. The van der Waals surface area contributed by atoms with Gasteiger partial charge < -0.3 is 0 Å². The van der Waals surface area contributed by atoms with Crippen molar-refractivity contribution >= 4 is 10.1 Å². The van der Waals surface area contributed by atoms with Crippen LogP contribution < -0.4 is 0 Å². The Morgan fingerprint density at radius 1 is 0.325 bits per heavy atom. The molecule has 0 rings (SSSR count). The Bertz CT molecular complexity index is 560. The van der Waals surface area contributed by atoms with Crippen LogP contribution in [0.5, 0.6) is 0 Å². The van der Waals surface area contributed by atoms with E-state index in [1.54, 1.807) is 0 Å². The van der Waals surface area contributed by atoms with E-state index in [2.05, 4.69) is 13.8 Å². The van der Waals surface area contributed by atoms with E-state index in [1.165, 1.54) is 173 Å². The number of hydrogen-bond donors (Lipinski definition) is 0. The standard InChI is InChI=1S/C36H74O3S/c1-3-5-7-9-11-13-15-17-19-21-23-25-27-29-31-33-35-39-40(37,38)36-34-32-30-28-26-24-22-20-18-16-14-12-10-8-6-4-2/h3-36H2,1-2H3. The van der Waals surface area contributed by atoms with E-state index in [9.17, 15) is 8.42 Å². The molecule has 0 aliphatic carbocycles. The van der Waals surface area contributed by atoms with Crippen molar-refractivity contribution < 1.29 is 12.6 Å². The van der Waals surface area contributed by atoms with Crippen molar-refractivity contribution in [3.8, 4) is 0 Å². The third-order valence-corrected chi connectivity index (χ3v) is 9.82. The smallest absolute Gasteiger partial charge is 0.267 e. The van der Waals surface area contributed by atoms with Crippen LogP contribution >= 0.6 is 0 Å². The average Bonchev–Trinajstić information content (AvgIpc) is 2.94. The molecule has 0 spiro atoms. The lowest BCUT2D eigenvalue weighted by molar-refractivity contribution is 0.305. The summed E-state index contributed by atoms with van der Waals surface area (Å²) in [6.07, 6.45) is 42.1. The topological polar surface area (TPSA) is 43.4 Å². The van der Waals surface area contributed by atoms with E-state index in [4.69, 9.17) is 4.18 Å². The molecule has 0 saturated carbocycles. The maximum absolute atomic E-state index is 12.1. The summed E-state index contributed by atoms with van der Waals surface area (Å²) < 4.78 is 29.5. The number of rotatable bonds is 35. The van der Waals surface area contributed by atoms with Crippen molar-refractivity contribution in [2.75, 3.05) is 12.4 Å². The van der Waals surface area contributed by atoms with Gasteiger partial charge in [0.1, 0.15) is 0 Å². The van der Waals surface area contributed by atoms with Gasteiger partial charge in [0.2, 0.25) is 0 Å². The Hall–Kier alpha value is -0.0900. The molecule has 0 atom stereocenters. The third-order valence-electron chi connectivity index (χ3n) is 8.51. The molecule has 4 heteroatoms. The molecule has 0 N–H and O–H groups in total. The van der Waals surface area contributed by atoms with Gasteiger partial charge in [-0.15, -0.1) is 0 Å². The molecule has 40 heavy (non-hydrogen) atoms. The van der Waals surface area contributed by atoms with E-state index in [0.717, 1.165) is 32.1 Å². The summed E-state index contributed by atoms with van der Waals surface area (Å²) in [5.41, 5.74) is 0. The van der Waals surface area contributed by atoms with Crippen molar-refractivity contribution in [1.82, 2.24) is 0 Å². The van der Waals surface area contributed by atoms with Gasteiger partial charge in [0.15, 0.2) is 0 Å². The molecule has 0 aromatic heterocycles. The molecule has 242 valence electrons. The molecule has 0 heterocycles. The first-order valence-electron chi connectivity index (χ1n) is 18.5. The number of unbranched alkanes of at least 4 members (excludes halogenated alkanes) is 30. The minimum absolute atomic E-state index is 0.199. The summed E-state index contributed by atoms with van der Waals surface area (Å²) in [5, 5.41) is 0. The monoisotopic (exact) mass is 587 g/mol. The summed E-state index contributed by atoms with van der Waals surface area (Å²) in [7, 11) is -3.32. The molecule has 0 unspecified atom stereocenters. The van der Waals surface area contributed by atoms with Crippen LogP contribution in [0.15, 0.2) is 0 Å². The highest BCUT2D eigenvalue weighted by molar-refractivity contribution is 7.86. The first-order valence-corrected chi connectivity index (χ1v) is 20.1. The highest BCUT2D eigenvalue weighted by atomic mass is 32.2. The van der Waals surface area contributed by atoms with Gasteiger partial charge in [0, 0.05) is 0 Å². The summed E-state index contributed by atoms with van der Waals surface area (Å²) in [6, 6.07) is 0. The van der Waals surface area contributed by atoms with Crippen molar-refractivity contribution in [3.05, 3.63) is 0 Å². The highest BCUT2D eigenvalue weighted by Gasteiger charge is 2.10. The maximum atomic E-state index is 12.1. The highest BCUT2D eigenvalue weighted by Crippen LogP contribution is 2.16. The fraction of sp³-hybridized carbons (Fsp3) is 1.00. The van der Waals surface area contributed by atoms with Gasteiger partial charge in [0.05, 0.1) is 12.4 Å². The van der Waals surface area contributed by atoms with Crippen LogP contribution in [0.2, 0.25) is 0 Å². The van der Waals surface area contributed by atoms with Crippen molar-refractivity contribution in [2.45, 2.75) is 219 Å². The molecule has 0 aromatic carbocycles. The van der Waals surface area contributed by atoms with Crippen molar-refractivity contribution in [3.63, 3.8) is 0 Å². The second kappa shape index (κ2) is 33.4. The second-order valence-corrected chi connectivity index (χ2v) is 14.4. The van der Waals surface area contributed by atoms with Crippen molar-refractivity contribution in [1.29, 1.82) is 0 Å². The second-order valence-electron chi connectivity index (χ2n) is 12.7. The Morgan fingerprint density at radius 3 is 0.825 bits per heavy atom. The van der Waals surface area contributed by atoms with E-state index < -0.39 is 10.1 Å². The summed E-state index contributed by atoms with van der Waals surface area (Å²) in [6.45, 7) is 4.94. The summed E-state index contributed by atoms with van der Waals surface area (Å²) in [5.74, 6) is 0.199. The van der Waals surface area contributed by atoms with Crippen LogP contribution in [-0.2, 0) is 14.3 Å². The zero-order valence-corrected chi connectivity index (χ0v) is 28.5. The Morgan fingerprint density at radius 2 is 0.550 bits per heavy atom. The minimum atomic E-state index is -3.32. The normalized spacial score (nSPS) is 11.9. The molecule has 0 fully saturated rings. The van der Waals surface area contributed by atoms with Crippen LogP contribution in [-0.4, -0.2) is 20.8 Å². The van der Waals surface area contributed by atoms with Crippen LogP contribution in [0.1, 0.15) is 219 Å². The molecular formula is C36H74O3S. The van der Waals surface area contributed by atoms with E-state index in [0.29, 0.717) is 6.61 Å². The van der Waals surface area contributed by atoms with E-state index in [-0.39, 0.29) is 5.75 Å². The van der Waals surface area contributed by atoms with Gasteiger partial charge in [-0.2, -0.15) is 8.42 Å². The Kier molecular flexibility index (Phi) is 33.3. The van der Waals surface area contributed by atoms with Gasteiger partial charge in [-0.25, -0.2) is 0 Å². The quantitative estimate of drug-likeness (QED) is 0.0548. The Balaban J connectivity index is 3.27. The van der Waals surface area contributed by atoms with Crippen LogP contribution in [0, 0.1) is 0 Å². The molecular weight excluding hydrogens is 512 g/mol. The molecule has 3 nitrogen and oxygen atoms in total. The lowest BCUT2D eigenvalue weighted by Crippen LogP contribution is -2.11. The molecule has 0 radical (unpaired) electrons. The van der Waals surface area contributed by atoms with Crippen LogP contribution in [0.3, 0.4) is 0 Å². The van der Waals surface area contributed by atoms with E-state index >= 15 is 0 Å². The first kappa shape index (κ1) is 39.9. The SMILES string of the molecule is CCCCCCCCCCCCCCCCCCOS(=O)(=O)CCCCCCCCCCCCCCCCCC. The van der Waals surface area contributed by atoms with E-state index in [1.807, 2.05) is 0 Å². The molecule has 0 aliphatic heterocycles. The van der Waals surface area contributed by atoms with Gasteiger partial charge in [-0.3, -0.25) is 4.18 Å². The van der Waals surface area contributed by atoms with Crippen molar-refractivity contribution in [2.24, 2.45) is 0 Å². The zero-order chi connectivity index (χ0) is 29.2. The summed E-state index contributed by atoms with van der Waals surface area (Å²) in [4.78, 5) is 0. The fourth-order valence-electron chi connectivity index (χ4n) is 5.72. The largest absolute Gasteiger partial charge is 0.270 e. The van der Waals surface area contributed by atoms with Gasteiger partial charge in [0.25, 0.3) is 10.1 Å².